The summed E-state index contributed by atoms with van der Waals surface area (Å²) < 4.78 is 11.0. The molecule has 1 atom stereocenters. The maximum absolute atomic E-state index is 12.5. The molecule has 3 rings (SSSR count). The van der Waals surface area contributed by atoms with Crippen molar-refractivity contribution in [2.45, 2.75) is 51.7 Å². The van der Waals surface area contributed by atoms with E-state index in [2.05, 4.69) is 10.1 Å². The number of rotatable bonds is 2. The number of likely N-dealkylation sites (tertiary alicyclic amines) is 1. The van der Waals surface area contributed by atoms with Crippen molar-refractivity contribution in [3.05, 3.63) is 35.2 Å². The number of aromatic nitrogens is 2. The third-order valence-corrected chi connectivity index (χ3v) is 4.18. The number of amides is 1. The Bertz CT molecular complexity index is 754. The molecule has 0 radical (unpaired) electrons. The van der Waals surface area contributed by atoms with E-state index >= 15 is 0 Å². The van der Waals surface area contributed by atoms with Crippen molar-refractivity contribution >= 4 is 17.7 Å². The van der Waals surface area contributed by atoms with Gasteiger partial charge in [-0.2, -0.15) is 4.98 Å². The molecule has 0 spiro atoms. The second kappa shape index (κ2) is 7.04. The summed E-state index contributed by atoms with van der Waals surface area (Å²) in [6, 6.07) is 7.01. The van der Waals surface area contributed by atoms with Crippen LogP contribution in [0.2, 0.25) is 5.02 Å². The topological polar surface area (TPSA) is 68.5 Å². The summed E-state index contributed by atoms with van der Waals surface area (Å²) in [5.74, 6) is 0.896. The molecule has 1 aromatic heterocycles. The summed E-state index contributed by atoms with van der Waals surface area (Å²) in [6.07, 6.45) is 2.36. The van der Waals surface area contributed by atoms with Crippen LogP contribution in [0.15, 0.2) is 28.8 Å². The molecule has 1 amide bonds. The molecule has 0 N–H and O–H groups in total. The summed E-state index contributed by atoms with van der Waals surface area (Å²) in [6.45, 7) is 6.18. The molecule has 0 aliphatic carbocycles. The van der Waals surface area contributed by atoms with E-state index in [9.17, 15) is 4.79 Å². The standard InChI is InChI=1S/C18H22ClN3O3/c1-18(2,3)24-17(23)22-10-5-4-9-14(22)16-20-15(21-25-16)12-7-6-8-13(19)11-12/h6-8,11,14H,4-5,9-10H2,1-3H3/t14-/m0/s1. The van der Waals surface area contributed by atoms with Crippen LogP contribution in [0.1, 0.15) is 52.0 Å². The monoisotopic (exact) mass is 363 g/mol. The Labute approximate surface area is 152 Å². The molecule has 1 aromatic carbocycles. The average Bonchev–Trinajstić information content (AvgIpc) is 3.03. The Morgan fingerprint density at radius 3 is 2.88 bits per heavy atom. The van der Waals surface area contributed by atoms with Crippen LogP contribution in [0, 0.1) is 0 Å². The smallest absolute Gasteiger partial charge is 0.410 e. The number of piperidine rings is 1. The largest absolute Gasteiger partial charge is 0.444 e. The Morgan fingerprint density at radius 2 is 2.16 bits per heavy atom. The van der Waals surface area contributed by atoms with Crippen molar-refractivity contribution in [1.82, 2.24) is 15.0 Å². The van der Waals surface area contributed by atoms with Gasteiger partial charge < -0.3 is 9.26 Å². The number of carbonyl (C=O) groups is 1. The van der Waals surface area contributed by atoms with Crippen LogP contribution < -0.4 is 0 Å². The van der Waals surface area contributed by atoms with E-state index in [1.807, 2.05) is 32.9 Å². The molecule has 0 unspecified atom stereocenters. The van der Waals surface area contributed by atoms with E-state index in [0.717, 1.165) is 24.8 Å². The second-order valence-corrected chi connectivity index (χ2v) is 7.59. The van der Waals surface area contributed by atoms with E-state index < -0.39 is 5.60 Å². The van der Waals surface area contributed by atoms with Crippen molar-refractivity contribution in [3.8, 4) is 11.4 Å². The molecule has 0 saturated carbocycles. The summed E-state index contributed by atoms with van der Waals surface area (Å²) in [7, 11) is 0. The molecule has 2 heterocycles. The Hall–Kier alpha value is -2.08. The fourth-order valence-corrected chi connectivity index (χ4v) is 3.03. The zero-order valence-electron chi connectivity index (χ0n) is 14.7. The minimum atomic E-state index is -0.542. The van der Waals surface area contributed by atoms with Gasteiger partial charge in [0.1, 0.15) is 11.6 Å². The lowest BCUT2D eigenvalue weighted by molar-refractivity contribution is 0.00538. The first-order valence-corrected chi connectivity index (χ1v) is 8.80. The van der Waals surface area contributed by atoms with Crippen LogP contribution in [-0.4, -0.2) is 33.3 Å². The zero-order valence-corrected chi connectivity index (χ0v) is 15.4. The number of nitrogens with zero attached hydrogens (tertiary/aromatic N) is 3. The Balaban J connectivity index is 1.82. The van der Waals surface area contributed by atoms with Crippen LogP contribution in [-0.2, 0) is 4.74 Å². The van der Waals surface area contributed by atoms with Crippen molar-refractivity contribution in [2.24, 2.45) is 0 Å². The summed E-state index contributed by atoms with van der Waals surface area (Å²) in [5, 5.41) is 4.66. The minimum absolute atomic E-state index is 0.260. The predicted molar refractivity (Wildman–Crippen MR) is 94.3 cm³/mol. The number of hydrogen-bond donors (Lipinski definition) is 0. The molecule has 25 heavy (non-hydrogen) atoms. The van der Waals surface area contributed by atoms with Crippen molar-refractivity contribution in [1.29, 1.82) is 0 Å². The lowest BCUT2D eigenvalue weighted by Gasteiger charge is -2.34. The van der Waals surface area contributed by atoms with Gasteiger partial charge in [-0.15, -0.1) is 0 Å². The first-order chi connectivity index (χ1) is 11.8. The highest BCUT2D eigenvalue weighted by Gasteiger charge is 2.34. The third kappa shape index (κ3) is 4.31. The van der Waals surface area contributed by atoms with Gasteiger partial charge in [0.2, 0.25) is 11.7 Å². The molecule has 1 fully saturated rings. The quantitative estimate of drug-likeness (QED) is 0.762. The zero-order chi connectivity index (χ0) is 18.0. The van der Waals surface area contributed by atoms with E-state index in [1.54, 1.807) is 17.0 Å². The summed E-state index contributed by atoms with van der Waals surface area (Å²) in [5.41, 5.74) is 0.238. The molecule has 6 nitrogen and oxygen atoms in total. The highest BCUT2D eigenvalue weighted by molar-refractivity contribution is 6.30. The van der Waals surface area contributed by atoms with Gasteiger partial charge in [0.05, 0.1) is 0 Å². The van der Waals surface area contributed by atoms with E-state index in [0.29, 0.717) is 23.3 Å². The van der Waals surface area contributed by atoms with E-state index in [1.165, 1.54) is 0 Å². The molecular formula is C18H22ClN3O3. The van der Waals surface area contributed by atoms with Gasteiger partial charge in [0, 0.05) is 17.1 Å². The van der Waals surface area contributed by atoms with Gasteiger partial charge >= 0.3 is 6.09 Å². The van der Waals surface area contributed by atoms with Crippen LogP contribution in [0.5, 0.6) is 0 Å². The van der Waals surface area contributed by atoms with E-state index in [4.69, 9.17) is 20.9 Å². The minimum Gasteiger partial charge on any atom is -0.444 e. The predicted octanol–water partition coefficient (Wildman–Crippen LogP) is 4.85. The molecule has 2 aromatic rings. The van der Waals surface area contributed by atoms with Gasteiger partial charge in [0.25, 0.3) is 0 Å². The van der Waals surface area contributed by atoms with Gasteiger partial charge in [-0.25, -0.2) is 4.79 Å². The highest BCUT2D eigenvalue weighted by atomic mass is 35.5. The lowest BCUT2D eigenvalue weighted by atomic mass is 10.0. The molecule has 1 aliphatic heterocycles. The van der Waals surface area contributed by atoms with Crippen molar-refractivity contribution in [2.75, 3.05) is 6.54 Å². The van der Waals surface area contributed by atoms with Crippen LogP contribution in [0.3, 0.4) is 0 Å². The molecule has 1 aliphatic rings. The molecule has 0 bridgehead atoms. The second-order valence-electron chi connectivity index (χ2n) is 7.15. The van der Waals surface area contributed by atoms with Crippen LogP contribution in [0.25, 0.3) is 11.4 Å². The maximum atomic E-state index is 12.5. The number of carbonyl (C=O) groups excluding carboxylic acids is 1. The summed E-state index contributed by atoms with van der Waals surface area (Å²) >= 11 is 6.02. The van der Waals surface area contributed by atoms with Gasteiger partial charge in [-0.05, 0) is 52.2 Å². The first-order valence-electron chi connectivity index (χ1n) is 8.43. The number of ether oxygens (including phenoxy) is 1. The van der Waals surface area contributed by atoms with Gasteiger partial charge in [-0.1, -0.05) is 28.9 Å². The van der Waals surface area contributed by atoms with Crippen LogP contribution >= 0.6 is 11.6 Å². The fourth-order valence-electron chi connectivity index (χ4n) is 2.84. The molecule has 134 valence electrons. The fraction of sp³-hybridized carbons (Fsp3) is 0.500. The molecule has 1 saturated heterocycles. The number of benzene rings is 1. The van der Waals surface area contributed by atoms with Gasteiger partial charge in [-0.3, -0.25) is 4.90 Å². The lowest BCUT2D eigenvalue weighted by Crippen LogP contribution is -2.42. The Morgan fingerprint density at radius 1 is 1.36 bits per heavy atom. The summed E-state index contributed by atoms with van der Waals surface area (Å²) in [4.78, 5) is 18.7. The SMILES string of the molecule is CC(C)(C)OC(=O)N1CCCC[C@H]1c1nc(-c2cccc(Cl)c2)no1. The first kappa shape index (κ1) is 17.7. The van der Waals surface area contributed by atoms with Gasteiger partial charge in [0.15, 0.2) is 0 Å². The highest BCUT2D eigenvalue weighted by Crippen LogP contribution is 2.32. The average molecular weight is 364 g/mol. The number of hydrogen-bond acceptors (Lipinski definition) is 5. The van der Waals surface area contributed by atoms with Crippen molar-refractivity contribution in [3.63, 3.8) is 0 Å². The maximum Gasteiger partial charge on any atom is 0.410 e. The van der Waals surface area contributed by atoms with E-state index in [-0.39, 0.29) is 12.1 Å². The normalized spacial score (nSPS) is 18.2. The molecular weight excluding hydrogens is 342 g/mol. The molecule has 7 heteroatoms. The third-order valence-electron chi connectivity index (χ3n) is 3.94. The number of halogens is 1. The van der Waals surface area contributed by atoms with Crippen LogP contribution in [0.4, 0.5) is 4.79 Å². The van der Waals surface area contributed by atoms with Crippen molar-refractivity contribution < 1.29 is 14.1 Å². The Kier molecular flexibility index (Phi) is 4.99.